The zero-order valence-electron chi connectivity index (χ0n) is 18.7. The van der Waals surface area contributed by atoms with Crippen LogP contribution in [-0.2, 0) is 23.3 Å². The van der Waals surface area contributed by atoms with Crippen molar-refractivity contribution in [2.24, 2.45) is 5.92 Å². The summed E-state index contributed by atoms with van der Waals surface area (Å²) in [6.07, 6.45) is 5.81. The number of amides is 1. The fraction of sp³-hybridized carbons (Fsp3) is 0.346. The number of benzene rings is 2. The number of halogens is 1. The SMILES string of the molecule is CC(Cc1ccc(C#N)cc1)(NC(=O)C1CCCN(Cc2ccccc2Cl)C1)c1cnc[nH]1. The van der Waals surface area contributed by atoms with E-state index in [1.165, 1.54) is 0 Å². The molecule has 4 rings (SSSR count). The van der Waals surface area contributed by atoms with Crippen molar-refractivity contribution in [3.05, 3.63) is 88.5 Å². The van der Waals surface area contributed by atoms with Crippen LogP contribution in [0.1, 0.15) is 42.1 Å². The molecule has 33 heavy (non-hydrogen) atoms. The molecule has 0 bridgehead atoms. The van der Waals surface area contributed by atoms with E-state index in [0.717, 1.165) is 47.8 Å². The van der Waals surface area contributed by atoms with Crippen LogP contribution in [0.2, 0.25) is 5.02 Å². The zero-order chi connectivity index (χ0) is 23.3. The molecule has 3 aromatic rings. The molecule has 1 aliphatic heterocycles. The summed E-state index contributed by atoms with van der Waals surface area (Å²) in [7, 11) is 0. The minimum Gasteiger partial charge on any atom is -0.347 e. The minimum absolute atomic E-state index is 0.0459. The third-order valence-corrected chi connectivity index (χ3v) is 6.73. The molecule has 1 aromatic heterocycles. The number of hydrogen-bond donors (Lipinski definition) is 2. The topological polar surface area (TPSA) is 84.8 Å². The first-order chi connectivity index (χ1) is 16.0. The molecule has 0 saturated carbocycles. The van der Waals surface area contributed by atoms with E-state index in [4.69, 9.17) is 16.9 Å². The predicted octanol–water partition coefficient (Wildman–Crippen LogP) is 4.42. The van der Waals surface area contributed by atoms with Gasteiger partial charge in [-0.3, -0.25) is 9.69 Å². The molecule has 0 radical (unpaired) electrons. The molecule has 1 aliphatic rings. The van der Waals surface area contributed by atoms with Crippen LogP contribution < -0.4 is 5.32 Å². The number of H-pyrrole nitrogens is 1. The average molecular weight is 462 g/mol. The molecule has 1 saturated heterocycles. The molecule has 2 atom stereocenters. The van der Waals surface area contributed by atoms with E-state index in [-0.39, 0.29) is 11.8 Å². The van der Waals surface area contributed by atoms with E-state index >= 15 is 0 Å². The highest BCUT2D eigenvalue weighted by atomic mass is 35.5. The van der Waals surface area contributed by atoms with Gasteiger partial charge in [0.05, 0.1) is 41.3 Å². The number of likely N-dealkylation sites (tertiary alicyclic amines) is 1. The number of rotatable bonds is 7. The van der Waals surface area contributed by atoms with E-state index in [1.807, 2.05) is 43.3 Å². The monoisotopic (exact) mass is 461 g/mol. The van der Waals surface area contributed by atoms with Crippen molar-refractivity contribution in [1.29, 1.82) is 5.26 Å². The van der Waals surface area contributed by atoms with Gasteiger partial charge < -0.3 is 10.3 Å². The van der Waals surface area contributed by atoms with Gasteiger partial charge in [0.2, 0.25) is 5.91 Å². The van der Waals surface area contributed by atoms with Gasteiger partial charge in [-0.05, 0) is 55.6 Å². The summed E-state index contributed by atoms with van der Waals surface area (Å²) in [6, 6.07) is 17.5. The Hall–Kier alpha value is -3.14. The Kier molecular flexibility index (Phi) is 7.12. The van der Waals surface area contributed by atoms with Crippen LogP contribution in [0.3, 0.4) is 0 Å². The molecule has 170 valence electrons. The number of hydrogen-bond acceptors (Lipinski definition) is 4. The zero-order valence-corrected chi connectivity index (χ0v) is 19.5. The fourth-order valence-corrected chi connectivity index (χ4v) is 4.72. The molecular weight excluding hydrogens is 434 g/mol. The number of nitrogens with one attached hydrogen (secondary N) is 2. The van der Waals surface area contributed by atoms with Crippen LogP contribution in [0.25, 0.3) is 0 Å². The largest absolute Gasteiger partial charge is 0.347 e. The second kappa shape index (κ2) is 10.2. The lowest BCUT2D eigenvalue weighted by Crippen LogP contribution is -2.51. The van der Waals surface area contributed by atoms with Crippen LogP contribution in [0.15, 0.2) is 61.1 Å². The summed E-state index contributed by atoms with van der Waals surface area (Å²) in [5.41, 5.74) is 2.95. The van der Waals surface area contributed by atoms with Gasteiger partial charge in [-0.1, -0.05) is 41.9 Å². The van der Waals surface area contributed by atoms with Crippen molar-refractivity contribution < 1.29 is 4.79 Å². The number of nitrogens with zero attached hydrogens (tertiary/aromatic N) is 3. The first-order valence-corrected chi connectivity index (χ1v) is 11.6. The van der Waals surface area contributed by atoms with E-state index in [1.54, 1.807) is 24.7 Å². The summed E-state index contributed by atoms with van der Waals surface area (Å²) in [5.74, 6) is -0.0472. The molecular formula is C26H28ClN5O. The Balaban J connectivity index is 1.47. The Labute approximate surface area is 199 Å². The molecule has 1 amide bonds. The molecule has 0 spiro atoms. The lowest BCUT2D eigenvalue weighted by Gasteiger charge is -2.36. The van der Waals surface area contributed by atoms with Gasteiger partial charge in [0.1, 0.15) is 0 Å². The summed E-state index contributed by atoms with van der Waals surface area (Å²) in [4.78, 5) is 23.1. The van der Waals surface area contributed by atoms with Gasteiger partial charge in [-0.15, -0.1) is 0 Å². The van der Waals surface area contributed by atoms with E-state index in [0.29, 0.717) is 18.5 Å². The second-order valence-corrected chi connectivity index (χ2v) is 9.35. The summed E-state index contributed by atoms with van der Waals surface area (Å²) >= 11 is 6.35. The van der Waals surface area contributed by atoms with Gasteiger partial charge in [0.25, 0.3) is 0 Å². The molecule has 6 nitrogen and oxygen atoms in total. The van der Waals surface area contributed by atoms with Gasteiger partial charge in [0.15, 0.2) is 0 Å². The van der Waals surface area contributed by atoms with Crippen LogP contribution in [0.5, 0.6) is 0 Å². The Bertz CT molecular complexity index is 1120. The van der Waals surface area contributed by atoms with Gasteiger partial charge in [0, 0.05) is 24.5 Å². The lowest BCUT2D eigenvalue weighted by atomic mass is 9.87. The normalized spacial score (nSPS) is 18.3. The maximum atomic E-state index is 13.4. The maximum Gasteiger partial charge on any atom is 0.225 e. The van der Waals surface area contributed by atoms with E-state index in [9.17, 15) is 4.79 Å². The molecule has 2 unspecified atom stereocenters. The Morgan fingerprint density at radius 2 is 2.09 bits per heavy atom. The van der Waals surface area contributed by atoms with Crippen LogP contribution in [0, 0.1) is 17.2 Å². The third kappa shape index (κ3) is 5.62. The first kappa shape index (κ1) is 23.0. The number of aromatic amines is 1. The van der Waals surface area contributed by atoms with Crippen LogP contribution in [-0.4, -0.2) is 33.9 Å². The van der Waals surface area contributed by atoms with Crippen LogP contribution >= 0.6 is 11.6 Å². The Morgan fingerprint density at radius 1 is 1.30 bits per heavy atom. The van der Waals surface area contributed by atoms with Gasteiger partial charge in [-0.25, -0.2) is 4.98 Å². The first-order valence-electron chi connectivity index (χ1n) is 11.2. The Morgan fingerprint density at radius 3 is 2.79 bits per heavy atom. The number of carbonyl (C=O) groups excluding carboxylic acids is 1. The smallest absolute Gasteiger partial charge is 0.225 e. The van der Waals surface area contributed by atoms with Crippen molar-refractivity contribution in [2.45, 2.75) is 38.3 Å². The van der Waals surface area contributed by atoms with Gasteiger partial charge >= 0.3 is 0 Å². The molecule has 7 heteroatoms. The summed E-state index contributed by atoms with van der Waals surface area (Å²) < 4.78 is 0. The summed E-state index contributed by atoms with van der Waals surface area (Å²) in [5, 5.41) is 13.1. The van der Waals surface area contributed by atoms with Crippen molar-refractivity contribution in [3.8, 4) is 6.07 Å². The molecule has 1 fully saturated rings. The highest BCUT2D eigenvalue weighted by Crippen LogP contribution is 2.27. The summed E-state index contributed by atoms with van der Waals surface area (Å²) in [6.45, 7) is 4.42. The number of nitriles is 1. The third-order valence-electron chi connectivity index (χ3n) is 6.36. The van der Waals surface area contributed by atoms with Crippen molar-refractivity contribution >= 4 is 17.5 Å². The molecule has 2 N–H and O–H groups in total. The number of carbonyl (C=O) groups is 1. The fourth-order valence-electron chi connectivity index (χ4n) is 4.52. The number of imidazole rings is 1. The van der Waals surface area contributed by atoms with Gasteiger partial charge in [-0.2, -0.15) is 5.26 Å². The van der Waals surface area contributed by atoms with Crippen molar-refractivity contribution in [1.82, 2.24) is 20.2 Å². The van der Waals surface area contributed by atoms with E-state index in [2.05, 4.69) is 26.3 Å². The second-order valence-electron chi connectivity index (χ2n) is 8.94. The quantitative estimate of drug-likeness (QED) is 0.545. The molecule has 0 aliphatic carbocycles. The minimum atomic E-state index is -0.646. The van der Waals surface area contributed by atoms with Crippen molar-refractivity contribution in [3.63, 3.8) is 0 Å². The number of aromatic nitrogens is 2. The average Bonchev–Trinajstić information content (AvgIpc) is 3.37. The molecule has 2 heterocycles. The maximum absolute atomic E-state index is 13.4. The lowest BCUT2D eigenvalue weighted by molar-refractivity contribution is -0.128. The van der Waals surface area contributed by atoms with Crippen LogP contribution in [0.4, 0.5) is 0 Å². The van der Waals surface area contributed by atoms with E-state index < -0.39 is 5.54 Å². The molecule has 2 aromatic carbocycles. The standard InChI is InChI=1S/C26H28ClN5O/c1-26(24-15-29-18-30-24,13-19-8-10-20(14-28)11-9-19)31-25(33)22-6-4-12-32(17-22)16-21-5-2-3-7-23(21)27/h2-3,5,7-11,15,18,22H,4,6,12-13,16-17H2,1H3,(H,29,30)(H,31,33). The highest BCUT2D eigenvalue weighted by molar-refractivity contribution is 6.31. The predicted molar refractivity (Wildman–Crippen MR) is 128 cm³/mol. The number of piperidine rings is 1. The van der Waals surface area contributed by atoms with Crippen molar-refractivity contribution in [2.75, 3.05) is 13.1 Å². The highest BCUT2D eigenvalue weighted by Gasteiger charge is 2.34.